The van der Waals surface area contributed by atoms with Crippen molar-refractivity contribution in [2.45, 2.75) is 26.4 Å². The molecule has 136 valence electrons. The van der Waals surface area contributed by atoms with Gasteiger partial charge in [-0.25, -0.2) is 18.2 Å². The minimum atomic E-state index is -2.57. The van der Waals surface area contributed by atoms with Crippen LogP contribution in [0.15, 0.2) is 6.20 Å². The minimum absolute atomic E-state index is 0.187. The fourth-order valence-electron chi connectivity index (χ4n) is 2.40. The van der Waals surface area contributed by atoms with Gasteiger partial charge in [0.2, 0.25) is 5.95 Å². The molecule has 1 aromatic heterocycles. The smallest absolute Gasteiger partial charge is 0.255 e. The molecular weight excluding hydrogens is 323 g/mol. The molecular formula is C15H24F3N5O. The topological polar surface area (TPSA) is 53.5 Å². The first-order chi connectivity index (χ1) is 11.5. The maximum absolute atomic E-state index is 13.6. The Morgan fingerprint density at radius 3 is 2.58 bits per heavy atom. The number of nitrogens with one attached hydrogen (secondary N) is 1. The number of anilines is 2. The van der Waals surface area contributed by atoms with Crippen LogP contribution in [0.25, 0.3) is 0 Å². The van der Waals surface area contributed by atoms with Gasteiger partial charge in [-0.2, -0.15) is 4.98 Å². The number of alkyl halides is 2. The van der Waals surface area contributed by atoms with E-state index in [2.05, 4.69) is 20.2 Å². The molecule has 0 aromatic carbocycles. The molecule has 0 aliphatic carbocycles. The maximum atomic E-state index is 13.6. The van der Waals surface area contributed by atoms with Crippen LogP contribution in [0.5, 0.6) is 0 Å². The molecule has 0 amide bonds. The van der Waals surface area contributed by atoms with Gasteiger partial charge in [0.05, 0.1) is 25.5 Å². The van der Waals surface area contributed by atoms with Gasteiger partial charge >= 0.3 is 0 Å². The number of hydrogen-bond donors (Lipinski definition) is 1. The van der Waals surface area contributed by atoms with Gasteiger partial charge in [0, 0.05) is 32.7 Å². The molecule has 9 heteroatoms. The van der Waals surface area contributed by atoms with Crippen molar-refractivity contribution in [1.82, 2.24) is 14.9 Å². The summed E-state index contributed by atoms with van der Waals surface area (Å²) in [6.45, 7) is 7.95. The van der Waals surface area contributed by atoms with Crippen molar-refractivity contribution >= 4 is 11.8 Å². The Hall–Kier alpha value is -1.61. The second kappa shape index (κ2) is 9.03. The van der Waals surface area contributed by atoms with Crippen LogP contribution in [0, 0.1) is 5.82 Å². The van der Waals surface area contributed by atoms with Gasteiger partial charge in [0.25, 0.3) is 6.43 Å². The summed E-state index contributed by atoms with van der Waals surface area (Å²) in [5.74, 6) is -0.567. The van der Waals surface area contributed by atoms with Crippen LogP contribution >= 0.6 is 0 Å². The third-order valence-electron chi connectivity index (χ3n) is 3.67. The predicted octanol–water partition coefficient (Wildman–Crippen LogP) is 1.84. The third-order valence-corrected chi connectivity index (χ3v) is 3.67. The molecule has 1 fully saturated rings. The summed E-state index contributed by atoms with van der Waals surface area (Å²) in [6.07, 6.45) is -1.34. The molecule has 0 atom stereocenters. The van der Waals surface area contributed by atoms with E-state index in [0.717, 1.165) is 25.8 Å². The maximum Gasteiger partial charge on any atom is 0.255 e. The van der Waals surface area contributed by atoms with Gasteiger partial charge < -0.3 is 15.0 Å². The molecule has 24 heavy (non-hydrogen) atoms. The van der Waals surface area contributed by atoms with Crippen molar-refractivity contribution < 1.29 is 17.9 Å². The Bertz CT molecular complexity index is 510. The number of piperazine rings is 1. The van der Waals surface area contributed by atoms with Crippen LogP contribution < -0.4 is 10.2 Å². The molecule has 2 rings (SSSR count). The summed E-state index contributed by atoms with van der Waals surface area (Å²) in [5.41, 5.74) is 0. The summed E-state index contributed by atoms with van der Waals surface area (Å²) >= 11 is 0. The first-order valence-electron chi connectivity index (χ1n) is 8.09. The van der Waals surface area contributed by atoms with Crippen LogP contribution in [0.1, 0.15) is 13.8 Å². The Morgan fingerprint density at radius 2 is 1.96 bits per heavy atom. The average Bonchev–Trinajstić information content (AvgIpc) is 2.54. The lowest BCUT2D eigenvalue weighted by Gasteiger charge is -2.34. The van der Waals surface area contributed by atoms with E-state index >= 15 is 0 Å². The van der Waals surface area contributed by atoms with Crippen molar-refractivity contribution in [3.05, 3.63) is 12.0 Å². The molecule has 1 saturated heterocycles. The average molecular weight is 347 g/mol. The molecule has 0 spiro atoms. The molecule has 1 aromatic rings. The lowest BCUT2D eigenvalue weighted by molar-refractivity contribution is 0.0578. The van der Waals surface area contributed by atoms with Gasteiger partial charge in [0.15, 0.2) is 11.6 Å². The highest BCUT2D eigenvalue weighted by Crippen LogP contribution is 2.17. The zero-order chi connectivity index (χ0) is 17.5. The highest BCUT2D eigenvalue weighted by molar-refractivity contribution is 5.42. The van der Waals surface area contributed by atoms with E-state index < -0.39 is 18.8 Å². The number of aromatic nitrogens is 2. The zero-order valence-corrected chi connectivity index (χ0v) is 14.0. The van der Waals surface area contributed by atoms with Crippen LogP contribution in [0.3, 0.4) is 0 Å². The Balaban J connectivity index is 1.86. The van der Waals surface area contributed by atoms with Crippen molar-refractivity contribution in [3.8, 4) is 0 Å². The fraction of sp³-hybridized carbons (Fsp3) is 0.733. The molecule has 2 heterocycles. The van der Waals surface area contributed by atoms with E-state index in [9.17, 15) is 13.2 Å². The summed E-state index contributed by atoms with van der Waals surface area (Å²) in [7, 11) is 0. The van der Waals surface area contributed by atoms with E-state index in [1.165, 1.54) is 0 Å². The lowest BCUT2D eigenvalue weighted by atomic mass is 10.3. The zero-order valence-electron chi connectivity index (χ0n) is 14.0. The molecule has 0 saturated carbocycles. The first-order valence-corrected chi connectivity index (χ1v) is 8.09. The summed E-state index contributed by atoms with van der Waals surface area (Å²) < 4.78 is 43.6. The van der Waals surface area contributed by atoms with Gasteiger partial charge in [-0.1, -0.05) is 0 Å². The lowest BCUT2D eigenvalue weighted by Crippen LogP contribution is -2.48. The monoisotopic (exact) mass is 347 g/mol. The minimum Gasteiger partial charge on any atom is -0.377 e. The number of hydrogen-bond acceptors (Lipinski definition) is 6. The summed E-state index contributed by atoms with van der Waals surface area (Å²) in [5, 5.41) is 2.31. The van der Waals surface area contributed by atoms with Crippen molar-refractivity contribution in [3.63, 3.8) is 0 Å². The Morgan fingerprint density at radius 1 is 1.25 bits per heavy atom. The summed E-state index contributed by atoms with van der Waals surface area (Å²) in [6, 6.07) is 0. The molecule has 0 radical (unpaired) electrons. The quantitative estimate of drug-likeness (QED) is 0.774. The van der Waals surface area contributed by atoms with Crippen molar-refractivity contribution in [2.24, 2.45) is 0 Å². The highest BCUT2D eigenvalue weighted by Gasteiger charge is 2.20. The number of rotatable bonds is 8. The van der Waals surface area contributed by atoms with Crippen molar-refractivity contribution in [1.29, 1.82) is 0 Å². The van der Waals surface area contributed by atoms with Crippen LogP contribution in [-0.2, 0) is 4.74 Å². The van der Waals surface area contributed by atoms with Gasteiger partial charge in [-0.05, 0) is 13.8 Å². The third kappa shape index (κ3) is 5.79. The van der Waals surface area contributed by atoms with E-state index in [1.807, 2.05) is 18.7 Å². The van der Waals surface area contributed by atoms with Gasteiger partial charge in [-0.15, -0.1) is 0 Å². The first kappa shape index (κ1) is 18.7. The second-order valence-corrected chi connectivity index (χ2v) is 5.89. The molecule has 6 nitrogen and oxygen atoms in total. The summed E-state index contributed by atoms with van der Waals surface area (Å²) in [4.78, 5) is 12.2. The fourth-order valence-corrected chi connectivity index (χ4v) is 2.40. The van der Waals surface area contributed by atoms with E-state index in [1.54, 1.807) is 0 Å². The van der Waals surface area contributed by atoms with Crippen LogP contribution in [0.2, 0.25) is 0 Å². The predicted molar refractivity (Wildman–Crippen MR) is 86.2 cm³/mol. The molecule has 1 N–H and O–H groups in total. The van der Waals surface area contributed by atoms with E-state index in [-0.39, 0.29) is 11.9 Å². The number of nitrogens with zero attached hydrogens (tertiary/aromatic N) is 4. The van der Waals surface area contributed by atoms with E-state index in [0.29, 0.717) is 25.6 Å². The molecule has 0 bridgehead atoms. The Labute approximate surface area is 140 Å². The molecule has 1 aliphatic rings. The number of ether oxygens (including phenoxy) is 1. The normalized spacial score (nSPS) is 16.2. The highest BCUT2D eigenvalue weighted by atomic mass is 19.3. The second-order valence-electron chi connectivity index (χ2n) is 5.89. The molecule has 0 unspecified atom stereocenters. The van der Waals surface area contributed by atoms with Gasteiger partial charge in [-0.3, -0.25) is 4.90 Å². The number of halogens is 3. The van der Waals surface area contributed by atoms with Crippen LogP contribution in [0.4, 0.5) is 24.9 Å². The molecule has 1 aliphatic heterocycles. The SMILES string of the molecule is CC(C)OCCN1CCN(c2ncc(F)c(NCC(F)F)n2)CC1. The largest absolute Gasteiger partial charge is 0.377 e. The van der Waals surface area contributed by atoms with Gasteiger partial charge in [0.1, 0.15) is 0 Å². The van der Waals surface area contributed by atoms with Crippen LogP contribution in [-0.4, -0.2) is 73.3 Å². The standard InChI is InChI=1S/C15H24F3N5O/c1-11(2)24-8-7-22-3-5-23(6-4-22)15-20-9-12(16)14(21-15)19-10-13(17)18/h9,11,13H,3-8,10H2,1-2H3,(H,19,20,21). The van der Waals surface area contributed by atoms with E-state index in [4.69, 9.17) is 4.74 Å². The Kier molecular flexibility index (Phi) is 7.04. The van der Waals surface area contributed by atoms with Crippen molar-refractivity contribution in [2.75, 3.05) is 56.1 Å².